The molecule has 106 valence electrons. The number of aliphatic hydroxyl groups is 1. The molecule has 0 amide bonds. The largest absolute Gasteiger partial charge is 0.490 e. The Labute approximate surface area is 127 Å². The van der Waals surface area contributed by atoms with Crippen LogP contribution in [0.4, 0.5) is 0 Å². The SMILES string of the molecule is CCCOc1ccccc1Oc1cc(Br)ccc1CO. The van der Waals surface area contributed by atoms with Crippen LogP contribution in [0, 0.1) is 0 Å². The second-order valence-corrected chi connectivity index (χ2v) is 5.22. The molecule has 0 fully saturated rings. The van der Waals surface area contributed by atoms with E-state index in [1.54, 1.807) is 0 Å². The van der Waals surface area contributed by atoms with Gasteiger partial charge >= 0.3 is 0 Å². The van der Waals surface area contributed by atoms with Gasteiger partial charge in [-0.15, -0.1) is 0 Å². The Morgan fingerprint density at radius 3 is 2.50 bits per heavy atom. The summed E-state index contributed by atoms with van der Waals surface area (Å²) in [4.78, 5) is 0. The van der Waals surface area contributed by atoms with E-state index in [1.165, 1.54) is 0 Å². The first kappa shape index (κ1) is 14.9. The molecule has 2 aromatic rings. The van der Waals surface area contributed by atoms with Gasteiger partial charge in [0.15, 0.2) is 11.5 Å². The first-order valence-electron chi connectivity index (χ1n) is 6.53. The van der Waals surface area contributed by atoms with E-state index in [4.69, 9.17) is 9.47 Å². The third-order valence-electron chi connectivity index (χ3n) is 2.73. The normalized spacial score (nSPS) is 10.3. The van der Waals surface area contributed by atoms with Gasteiger partial charge in [-0.25, -0.2) is 0 Å². The Morgan fingerprint density at radius 2 is 1.80 bits per heavy atom. The number of hydrogen-bond donors (Lipinski definition) is 1. The maximum atomic E-state index is 9.37. The maximum absolute atomic E-state index is 9.37. The van der Waals surface area contributed by atoms with Gasteiger partial charge in [-0.1, -0.05) is 41.1 Å². The molecule has 0 spiro atoms. The number of aliphatic hydroxyl groups excluding tert-OH is 1. The molecular weight excluding hydrogens is 320 g/mol. The fraction of sp³-hybridized carbons (Fsp3) is 0.250. The third kappa shape index (κ3) is 3.74. The summed E-state index contributed by atoms with van der Waals surface area (Å²) in [6.45, 7) is 2.63. The molecule has 2 aromatic carbocycles. The second kappa shape index (κ2) is 7.31. The van der Waals surface area contributed by atoms with Crippen LogP contribution in [0.25, 0.3) is 0 Å². The van der Waals surface area contributed by atoms with E-state index in [0.717, 1.165) is 16.5 Å². The highest BCUT2D eigenvalue weighted by Gasteiger charge is 2.09. The van der Waals surface area contributed by atoms with Gasteiger partial charge < -0.3 is 14.6 Å². The Hall–Kier alpha value is -1.52. The van der Waals surface area contributed by atoms with Crippen LogP contribution in [-0.4, -0.2) is 11.7 Å². The number of para-hydroxylation sites is 2. The van der Waals surface area contributed by atoms with E-state index in [0.29, 0.717) is 23.9 Å². The highest BCUT2D eigenvalue weighted by Crippen LogP contribution is 2.34. The van der Waals surface area contributed by atoms with Gasteiger partial charge in [0.25, 0.3) is 0 Å². The summed E-state index contributed by atoms with van der Waals surface area (Å²) in [5.41, 5.74) is 0.735. The van der Waals surface area contributed by atoms with Gasteiger partial charge in [-0.3, -0.25) is 0 Å². The second-order valence-electron chi connectivity index (χ2n) is 4.31. The molecule has 0 aliphatic rings. The molecule has 0 aliphatic heterocycles. The van der Waals surface area contributed by atoms with Crippen LogP contribution in [0.5, 0.6) is 17.2 Å². The van der Waals surface area contributed by atoms with Crippen LogP contribution in [0.2, 0.25) is 0 Å². The van der Waals surface area contributed by atoms with Crippen molar-refractivity contribution >= 4 is 15.9 Å². The number of ether oxygens (including phenoxy) is 2. The highest BCUT2D eigenvalue weighted by molar-refractivity contribution is 9.10. The minimum absolute atomic E-state index is 0.0689. The van der Waals surface area contributed by atoms with E-state index >= 15 is 0 Å². The van der Waals surface area contributed by atoms with Crippen LogP contribution in [0.3, 0.4) is 0 Å². The molecule has 0 heterocycles. The van der Waals surface area contributed by atoms with Gasteiger partial charge in [-0.2, -0.15) is 0 Å². The van der Waals surface area contributed by atoms with Crippen molar-refractivity contribution in [3.8, 4) is 17.2 Å². The standard InChI is InChI=1S/C16H17BrO3/c1-2-9-19-14-5-3-4-6-15(14)20-16-10-13(17)8-7-12(16)11-18/h3-8,10,18H,2,9,11H2,1H3. The summed E-state index contributed by atoms with van der Waals surface area (Å²) in [6.07, 6.45) is 0.938. The predicted molar refractivity (Wildman–Crippen MR) is 82.4 cm³/mol. The molecular formula is C16H17BrO3. The van der Waals surface area contributed by atoms with Crippen LogP contribution in [0.1, 0.15) is 18.9 Å². The summed E-state index contributed by atoms with van der Waals surface area (Å²) in [5, 5.41) is 9.37. The quantitative estimate of drug-likeness (QED) is 0.842. The lowest BCUT2D eigenvalue weighted by molar-refractivity contribution is 0.273. The van der Waals surface area contributed by atoms with Gasteiger partial charge in [0, 0.05) is 10.0 Å². The first-order chi connectivity index (χ1) is 9.74. The van der Waals surface area contributed by atoms with Crippen molar-refractivity contribution in [2.75, 3.05) is 6.61 Å². The van der Waals surface area contributed by atoms with E-state index in [9.17, 15) is 5.11 Å². The van der Waals surface area contributed by atoms with Crippen molar-refractivity contribution in [1.29, 1.82) is 0 Å². The summed E-state index contributed by atoms with van der Waals surface area (Å²) >= 11 is 3.41. The third-order valence-corrected chi connectivity index (χ3v) is 3.22. The zero-order chi connectivity index (χ0) is 14.4. The van der Waals surface area contributed by atoms with Crippen molar-refractivity contribution in [2.24, 2.45) is 0 Å². The van der Waals surface area contributed by atoms with E-state index < -0.39 is 0 Å². The highest BCUT2D eigenvalue weighted by atomic mass is 79.9. The molecule has 2 rings (SSSR count). The van der Waals surface area contributed by atoms with Crippen LogP contribution in [-0.2, 0) is 6.61 Å². The van der Waals surface area contributed by atoms with Crippen molar-refractivity contribution < 1.29 is 14.6 Å². The Morgan fingerprint density at radius 1 is 1.05 bits per heavy atom. The average Bonchev–Trinajstić information content (AvgIpc) is 2.47. The molecule has 0 atom stereocenters. The topological polar surface area (TPSA) is 38.7 Å². The smallest absolute Gasteiger partial charge is 0.169 e. The number of hydrogen-bond acceptors (Lipinski definition) is 3. The Kier molecular flexibility index (Phi) is 5.44. The fourth-order valence-electron chi connectivity index (χ4n) is 1.74. The van der Waals surface area contributed by atoms with Gasteiger partial charge in [0.05, 0.1) is 13.2 Å². The lowest BCUT2D eigenvalue weighted by Crippen LogP contribution is -1.98. The molecule has 0 bridgehead atoms. The van der Waals surface area contributed by atoms with Gasteiger partial charge in [-0.05, 0) is 30.7 Å². The van der Waals surface area contributed by atoms with Gasteiger partial charge in [0.1, 0.15) is 5.75 Å². The zero-order valence-corrected chi connectivity index (χ0v) is 12.9. The minimum atomic E-state index is -0.0689. The van der Waals surface area contributed by atoms with Crippen molar-refractivity contribution in [3.05, 3.63) is 52.5 Å². The Balaban J connectivity index is 2.27. The summed E-state index contributed by atoms with van der Waals surface area (Å²) in [6, 6.07) is 13.1. The Bertz CT molecular complexity index is 569. The molecule has 3 nitrogen and oxygen atoms in total. The summed E-state index contributed by atoms with van der Waals surface area (Å²) in [7, 11) is 0. The first-order valence-corrected chi connectivity index (χ1v) is 7.33. The molecule has 0 aromatic heterocycles. The van der Waals surface area contributed by atoms with Crippen molar-refractivity contribution in [3.63, 3.8) is 0 Å². The molecule has 0 unspecified atom stereocenters. The summed E-state index contributed by atoms with van der Waals surface area (Å²) in [5.74, 6) is 1.97. The van der Waals surface area contributed by atoms with Crippen LogP contribution < -0.4 is 9.47 Å². The number of benzene rings is 2. The lowest BCUT2D eigenvalue weighted by atomic mass is 10.2. The number of halogens is 1. The molecule has 0 radical (unpaired) electrons. The minimum Gasteiger partial charge on any atom is -0.490 e. The summed E-state index contributed by atoms with van der Waals surface area (Å²) < 4.78 is 12.5. The number of rotatable bonds is 6. The molecule has 20 heavy (non-hydrogen) atoms. The van der Waals surface area contributed by atoms with Crippen LogP contribution >= 0.6 is 15.9 Å². The van der Waals surface area contributed by atoms with E-state index in [2.05, 4.69) is 22.9 Å². The zero-order valence-electron chi connectivity index (χ0n) is 11.3. The van der Waals surface area contributed by atoms with Crippen LogP contribution in [0.15, 0.2) is 46.9 Å². The molecule has 0 saturated heterocycles. The molecule has 0 saturated carbocycles. The molecule has 0 aliphatic carbocycles. The molecule has 1 N–H and O–H groups in total. The van der Waals surface area contributed by atoms with Crippen molar-refractivity contribution in [2.45, 2.75) is 20.0 Å². The molecule has 4 heteroatoms. The average molecular weight is 337 g/mol. The van der Waals surface area contributed by atoms with Gasteiger partial charge in [0.2, 0.25) is 0 Å². The van der Waals surface area contributed by atoms with Crippen molar-refractivity contribution in [1.82, 2.24) is 0 Å². The van der Waals surface area contributed by atoms with E-state index in [-0.39, 0.29) is 6.61 Å². The van der Waals surface area contributed by atoms with E-state index in [1.807, 2.05) is 42.5 Å². The lowest BCUT2D eigenvalue weighted by Gasteiger charge is -2.14. The maximum Gasteiger partial charge on any atom is 0.169 e. The monoisotopic (exact) mass is 336 g/mol. The fourth-order valence-corrected chi connectivity index (χ4v) is 2.08. The predicted octanol–water partition coefficient (Wildman–Crippen LogP) is 4.52.